The number of ketones is 1. The minimum absolute atomic E-state index is 0.00193. The molecule has 1 aliphatic rings. The molecule has 2 aromatic rings. The molecule has 0 radical (unpaired) electrons. The van der Waals surface area contributed by atoms with Gasteiger partial charge in [0.25, 0.3) is 11.7 Å². The number of likely N-dealkylation sites (tertiary alicyclic amines) is 1. The summed E-state index contributed by atoms with van der Waals surface area (Å²) in [7, 11) is 2.82. The summed E-state index contributed by atoms with van der Waals surface area (Å²) in [6.45, 7) is 0. The van der Waals surface area contributed by atoms with Crippen molar-refractivity contribution < 1.29 is 23.8 Å². The van der Waals surface area contributed by atoms with E-state index in [1.54, 1.807) is 24.3 Å². The maximum atomic E-state index is 13.7. The van der Waals surface area contributed by atoms with Crippen molar-refractivity contribution in [1.29, 1.82) is 0 Å². The van der Waals surface area contributed by atoms with E-state index in [9.17, 15) is 19.1 Å². The summed E-state index contributed by atoms with van der Waals surface area (Å²) < 4.78 is 18.8. The maximum Gasteiger partial charge on any atom is 0.295 e. The molecule has 0 spiro atoms. The second kappa shape index (κ2) is 6.80. The monoisotopic (exact) mass is 375 g/mol. The molecule has 1 aliphatic heterocycles. The topological polar surface area (TPSA) is 66.8 Å². The fourth-order valence-corrected chi connectivity index (χ4v) is 3.12. The predicted molar refractivity (Wildman–Crippen MR) is 94.5 cm³/mol. The minimum Gasteiger partial charge on any atom is -0.507 e. The average molecular weight is 376 g/mol. The molecular weight excluding hydrogens is 361 g/mol. The number of carbonyl (C=O) groups excluding carboxylic acids is 2. The van der Waals surface area contributed by atoms with Gasteiger partial charge in [-0.15, -0.1) is 0 Å². The van der Waals surface area contributed by atoms with Gasteiger partial charge in [0.05, 0.1) is 24.3 Å². The second-order valence-corrected chi connectivity index (χ2v) is 6.24. The Balaban J connectivity index is 2.23. The van der Waals surface area contributed by atoms with Crippen molar-refractivity contribution >= 4 is 29.1 Å². The molecule has 1 atom stereocenters. The number of hydrogen-bond acceptors (Lipinski definition) is 4. The zero-order chi connectivity index (χ0) is 19.0. The van der Waals surface area contributed by atoms with Crippen molar-refractivity contribution in [1.82, 2.24) is 4.90 Å². The van der Waals surface area contributed by atoms with Crippen LogP contribution in [0.2, 0.25) is 5.02 Å². The molecule has 1 saturated heterocycles. The van der Waals surface area contributed by atoms with Gasteiger partial charge in [-0.1, -0.05) is 23.7 Å². The number of likely N-dealkylation sites (N-methyl/N-ethyl adjacent to an activating group) is 1. The van der Waals surface area contributed by atoms with Crippen molar-refractivity contribution in [3.8, 4) is 5.75 Å². The van der Waals surface area contributed by atoms with E-state index in [-0.39, 0.29) is 16.9 Å². The number of aliphatic hydroxyl groups excluding tert-OH is 1. The number of nitrogens with zero attached hydrogens (tertiary/aromatic N) is 1. The number of methoxy groups -OCH3 is 1. The van der Waals surface area contributed by atoms with Gasteiger partial charge in [0, 0.05) is 12.1 Å². The zero-order valence-electron chi connectivity index (χ0n) is 14.0. The molecule has 0 aromatic heterocycles. The Morgan fingerprint density at radius 2 is 1.85 bits per heavy atom. The summed E-state index contributed by atoms with van der Waals surface area (Å²) in [6, 6.07) is 9.30. The molecular formula is C19H15ClFNO4. The van der Waals surface area contributed by atoms with Crippen LogP contribution in [0.15, 0.2) is 48.0 Å². The lowest BCUT2D eigenvalue weighted by atomic mass is 9.95. The highest BCUT2D eigenvalue weighted by Crippen LogP contribution is 2.40. The van der Waals surface area contributed by atoms with Crippen LogP contribution in [0.3, 0.4) is 0 Å². The molecule has 1 fully saturated rings. The number of amides is 1. The van der Waals surface area contributed by atoms with Gasteiger partial charge >= 0.3 is 0 Å². The van der Waals surface area contributed by atoms with Gasteiger partial charge in [-0.2, -0.15) is 0 Å². The molecule has 3 rings (SSSR count). The molecule has 1 N–H and O–H groups in total. The second-order valence-electron chi connectivity index (χ2n) is 5.81. The highest BCUT2D eigenvalue weighted by Gasteiger charge is 2.44. The van der Waals surface area contributed by atoms with E-state index in [4.69, 9.17) is 16.3 Å². The summed E-state index contributed by atoms with van der Waals surface area (Å²) in [5, 5.41) is 11.3. The van der Waals surface area contributed by atoms with Crippen LogP contribution in [0.4, 0.5) is 4.39 Å². The molecule has 1 heterocycles. The number of rotatable bonds is 3. The van der Waals surface area contributed by atoms with Gasteiger partial charge in [-0.3, -0.25) is 9.59 Å². The number of hydrogen-bond donors (Lipinski definition) is 1. The molecule has 1 unspecified atom stereocenters. The largest absolute Gasteiger partial charge is 0.507 e. The Hall–Kier alpha value is -2.86. The van der Waals surface area contributed by atoms with Gasteiger partial charge in [0.1, 0.15) is 17.3 Å². The number of aliphatic hydroxyl groups is 1. The summed E-state index contributed by atoms with van der Waals surface area (Å²) in [5.41, 5.74) is 0.453. The van der Waals surface area contributed by atoms with E-state index in [1.165, 1.54) is 31.2 Å². The molecule has 7 heteroatoms. The summed E-state index contributed by atoms with van der Waals surface area (Å²) in [6.07, 6.45) is 0. The van der Waals surface area contributed by atoms with Crippen LogP contribution in [-0.2, 0) is 9.59 Å². The van der Waals surface area contributed by atoms with Crippen molar-refractivity contribution in [2.75, 3.05) is 14.2 Å². The lowest BCUT2D eigenvalue weighted by molar-refractivity contribution is -0.139. The van der Waals surface area contributed by atoms with Crippen LogP contribution in [0.5, 0.6) is 5.75 Å². The van der Waals surface area contributed by atoms with E-state index in [2.05, 4.69) is 0 Å². The fourth-order valence-electron chi connectivity index (χ4n) is 2.99. The first-order chi connectivity index (χ1) is 12.3. The summed E-state index contributed by atoms with van der Waals surface area (Å²) >= 11 is 5.90. The normalized spacial score (nSPS) is 19.1. The highest BCUT2D eigenvalue weighted by atomic mass is 35.5. The lowest BCUT2D eigenvalue weighted by Crippen LogP contribution is -2.24. The number of benzene rings is 2. The third kappa shape index (κ3) is 2.93. The van der Waals surface area contributed by atoms with Crippen LogP contribution in [0, 0.1) is 5.82 Å². The average Bonchev–Trinajstić information content (AvgIpc) is 2.86. The summed E-state index contributed by atoms with van der Waals surface area (Å²) in [4.78, 5) is 25.9. The van der Waals surface area contributed by atoms with Gasteiger partial charge in [0.2, 0.25) is 0 Å². The van der Waals surface area contributed by atoms with E-state index < -0.39 is 29.3 Å². The smallest absolute Gasteiger partial charge is 0.295 e. The molecule has 0 saturated carbocycles. The van der Waals surface area contributed by atoms with Crippen LogP contribution in [0.1, 0.15) is 17.2 Å². The van der Waals surface area contributed by atoms with Crippen LogP contribution < -0.4 is 4.74 Å². The molecule has 26 heavy (non-hydrogen) atoms. The molecule has 0 aliphatic carbocycles. The van der Waals surface area contributed by atoms with Crippen LogP contribution >= 0.6 is 11.6 Å². The first kappa shape index (κ1) is 17.9. The predicted octanol–water partition coefficient (Wildman–Crippen LogP) is 3.54. The number of halogens is 2. The Kier molecular flexibility index (Phi) is 4.70. The van der Waals surface area contributed by atoms with Gasteiger partial charge in [0.15, 0.2) is 0 Å². The number of ether oxygens (including phenoxy) is 1. The standard InChI is InChI=1S/C19H15ClFNO4/c1-22-16(10-3-5-11(20)6-4-10)15(18(24)19(22)25)17(23)13-9-12(21)7-8-14(13)26-2/h3-9,16,23H,1-2H3/b17-15+. The van der Waals surface area contributed by atoms with E-state index >= 15 is 0 Å². The SMILES string of the molecule is COc1ccc(F)cc1/C(O)=C1\C(=O)C(=O)N(C)C1c1ccc(Cl)cc1. The molecule has 134 valence electrons. The number of carbonyl (C=O) groups is 2. The van der Waals surface area contributed by atoms with Crippen molar-refractivity contribution in [2.45, 2.75) is 6.04 Å². The van der Waals surface area contributed by atoms with Crippen molar-refractivity contribution in [3.05, 3.63) is 70.0 Å². The number of Topliss-reactive ketones (excluding diaryl/α,β-unsaturated/α-hetero) is 1. The van der Waals surface area contributed by atoms with E-state index in [1.807, 2.05) is 0 Å². The first-order valence-electron chi connectivity index (χ1n) is 7.69. The molecule has 2 aromatic carbocycles. The third-order valence-corrected chi connectivity index (χ3v) is 4.53. The van der Waals surface area contributed by atoms with Crippen LogP contribution in [-0.4, -0.2) is 35.9 Å². The van der Waals surface area contributed by atoms with Crippen molar-refractivity contribution in [3.63, 3.8) is 0 Å². The Morgan fingerprint density at radius 3 is 2.46 bits per heavy atom. The Morgan fingerprint density at radius 1 is 1.19 bits per heavy atom. The Labute approximate surface area is 154 Å². The molecule has 0 bridgehead atoms. The van der Waals surface area contributed by atoms with E-state index in [0.29, 0.717) is 10.6 Å². The van der Waals surface area contributed by atoms with Gasteiger partial charge in [-0.05, 0) is 35.9 Å². The van der Waals surface area contributed by atoms with E-state index in [0.717, 1.165) is 6.07 Å². The third-order valence-electron chi connectivity index (χ3n) is 4.28. The van der Waals surface area contributed by atoms with Gasteiger partial charge in [-0.25, -0.2) is 4.39 Å². The lowest BCUT2D eigenvalue weighted by Gasteiger charge is -2.21. The first-order valence-corrected chi connectivity index (χ1v) is 8.07. The minimum atomic E-state index is -0.851. The maximum absolute atomic E-state index is 13.7. The highest BCUT2D eigenvalue weighted by molar-refractivity contribution is 6.46. The van der Waals surface area contributed by atoms with Crippen molar-refractivity contribution in [2.24, 2.45) is 0 Å². The Bertz CT molecular complexity index is 924. The quantitative estimate of drug-likeness (QED) is 0.506. The molecule has 1 amide bonds. The molecule has 5 nitrogen and oxygen atoms in total. The zero-order valence-corrected chi connectivity index (χ0v) is 14.7. The summed E-state index contributed by atoms with van der Waals surface area (Å²) in [5.74, 6) is -2.54. The fraction of sp³-hybridized carbons (Fsp3) is 0.158. The van der Waals surface area contributed by atoms with Gasteiger partial charge < -0.3 is 14.7 Å². The van der Waals surface area contributed by atoms with Crippen LogP contribution in [0.25, 0.3) is 5.76 Å².